The highest BCUT2D eigenvalue weighted by Crippen LogP contribution is 2.34. The third kappa shape index (κ3) is 4.06. The molecule has 0 atom stereocenters. The van der Waals surface area contributed by atoms with Crippen LogP contribution in [0, 0.1) is 0 Å². The first-order chi connectivity index (χ1) is 16.1. The summed E-state index contributed by atoms with van der Waals surface area (Å²) in [5.74, 6) is 1.04. The zero-order valence-corrected chi connectivity index (χ0v) is 18.1. The molecule has 9 heteroatoms. The molecule has 1 fully saturated rings. The Labute approximate surface area is 189 Å². The number of hydrogen-bond donors (Lipinski definition) is 2. The molecule has 33 heavy (non-hydrogen) atoms. The van der Waals surface area contributed by atoms with E-state index in [9.17, 15) is 9.59 Å². The number of ether oxygens (including phenoxy) is 2. The summed E-state index contributed by atoms with van der Waals surface area (Å²) in [5, 5.41) is 4.50. The van der Waals surface area contributed by atoms with Gasteiger partial charge in [-0.05, 0) is 49.2 Å². The van der Waals surface area contributed by atoms with Crippen molar-refractivity contribution in [3.63, 3.8) is 0 Å². The maximum absolute atomic E-state index is 12.4. The fraction of sp³-hybridized carbons (Fsp3) is 0.208. The van der Waals surface area contributed by atoms with Crippen molar-refractivity contribution >= 4 is 33.7 Å². The van der Waals surface area contributed by atoms with Gasteiger partial charge in [-0.1, -0.05) is 0 Å². The average molecular weight is 446 g/mol. The number of amides is 2. The Kier molecular flexibility index (Phi) is 5.31. The van der Waals surface area contributed by atoms with E-state index in [4.69, 9.17) is 14.3 Å². The molecule has 2 amide bonds. The normalized spacial score (nSPS) is 13.2. The number of benzene rings is 2. The van der Waals surface area contributed by atoms with E-state index < -0.39 is 5.91 Å². The summed E-state index contributed by atoms with van der Waals surface area (Å²) < 4.78 is 13.1. The zero-order chi connectivity index (χ0) is 22.9. The summed E-state index contributed by atoms with van der Waals surface area (Å²) in [6, 6.07) is 12.6. The second kappa shape index (κ2) is 8.44. The molecule has 2 heterocycles. The van der Waals surface area contributed by atoms with Crippen molar-refractivity contribution < 1.29 is 23.9 Å². The van der Waals surface area contributed by atoms with Crippen molar-refractivity contribution in [3.8, 4) is 17.2 Å². The summed E-state index contributed by atoms with van der Waals surface area (Å²) in [4.78, 5) is 34.0. The van der Waals surface area contributed by atoms with Crippen molar-refractivity contribution in [3.05, 3.63) is 60.4 Å². The van der Waals surface area contributed by atoms with E-state index in [-0.39, 0.29) is 12.1 Å². The Hall–Kier alpha value is -4.11. The van der Waals surface area contributed by atoms with Gasteiger partial charge >= 0.3 is 6.03 Å². The fourth-order valence-electron chi connectivity index (χ4n) is 3.69. The summed E-state index contributed by atoms with van der Waals surface area (Å²) in [5.41, 5.74) is 4.00. The van der Waals surface area contributed by atoms with Crippen LogP contribution in [0.3, 0.4) is 0 Å². The van der Waals surface area contributed by atoms with Crippen LogP contribution in [0.1, 0.15) is 23.2 Å². The molecule has 1 aliphatic rings. The van der Waals surface area contributed by atoms with Crippen LogP contribution in [-0.2, 0) is 4.84 Å². The highest BCUT2D eigenvalue weighted by Gasteiger charge is 2.24. The van der Waals surface area contributed by atoms with E-state index in [1.165, 1.54) is 14.2 Å². The molecule has 2 N–H and O–H groups in total. The largest absolute Gasteiger partial charge is 0.496 e. The van der Waals surface area contributed by atoms with Crippen LogP contribution in [0.25, 0.3) is 21.8 Å². The molecule has 0 radical (unpaired) electrons. The minimum Gasteiger partial charge on any atom is -0.496 e. The lowest BCUT2D eigenvalue weighted by Gasteiger charge is -2.13. The Balaban J connectivity index is 1.48. The van der Waals surface area contributed by atoms with Crippen LogP contribution < -0.4 is 20.3 Å². The summed E-state index contributed by atoms with van der Waals surface area (Å²) in [6.07, 6.45) is 5.44. The maximum Gasteiger partial charge on any atom is 0.326 e. The van der Waals surface area contributed by atoms with E-state index in [1.54, 1.807) is 41.2 Å². The molecule has 1 aliphatic carbocycles. The fourth-order valence-corrected chi connectivity index (χ4v) is 3.69. The van der Waals surface area contributed by atoms with Crippen molar-refractivity contribution in [2.45, 2.75) is 18.9 Å². The molecule has 2 aromatic heterocycles. The lowest BCUT2D eigenvalue weighted by molar-refractivity contribution is 0.0535. The summed E-state index contributed by atoms with van der Waals surface area (Å²) in [6.45, 7) is 0. The van der Waals surface area contributed by atoms with Crippen LogP contribution in [0.15, 0.2) is 54.9 Å². The molecule has 5 rings (SSSR count). The topological polar surface area (TPSA) is 104 Å². The van der Waals surface area contributed by atoms with E-state index in [0.717, 1.165) is 23.7 Å². The molecular weight excluding hydrogens is 424 g/mol. The highest BCUT2D eigenvalue weighted by molar-refractivity contribution is 6.01. The molecule has 0 unspecified atom stereocenters. The number of rotatable bonds is 6. The molecular formula is C24H22N4O5. The van der Waals surface area contributed by atoms with Gasteiger partial charge in [-0.3, -0.25) is 19.2 Å². The lowest BCUT2D eigenvalue weighted by Crippen LogP contribution is -2.29. The van der Waals surface area contributed by atoms with Gasteiger partial charge in [0.15, 0.2) is 0 Å². The van der Waals surface area contributed by atoms with Crippen molar-refractivity contribution in [1.82, 2.24) is 20.3 Å². The van der Waals surface area contributed by atoms with E-state index in [0.29, 0.717) is 33.7 Å². The number of pyridine rings is 1. The number of carbonyl (C=O) groups excluding carboxylic acids is 2. The van der Waals surface area contributed by atoms with Gasteiger partial charge in [0, 0.05) is 35.3 Å². The SMILES string of the molecule is CONC(=O)c1cc2c(Oc3ccc4c(ccn4C(=O)NC4CC4)c3)ccnc2cc1OC. The number of hydrogen-bond acceptors (Lipinski definition) is 6. The van der Waals surface area contributed by atoms with Crippen LogP contribution in [0.4, 0.5) is 4.79 Å². The third-order valence-corrected chi connectivity index (χ3v) is 5.48. The van der Waals surface area contributed by atoms with Crippen molar-refractivity contribution in [1.29, 1.82) is 0 Å². The number of nitrogens with zero attached hydrogens (tertiary/aromatic N) is 2. The Morgan fingerprint density at radius 2 is 1.91 bits per heavy atom. The molecule has 9 nitrogen and oxygen atoms in total. The number of methoxy groups -OCH3 is 1. The number of hydroxylamine groups is 1. The first-order valence-corrected chi connectivity index (χ1v) is 10.5. The molecule has 1 saturated carbocycles. The van der Waals surface area contributed by atoms with E-state index >= 15 is 0 Å². The lowest BCUT2D eigenvalue weighted by atomic mass is 10.1. The molecule has 4 aromatic rings. The molecule has 0 bridgehead atoms. The highest BCUT2D eigenvalue weighted by atomic mass is 16.6. The standard InChI is InChI=1S/C24H22N4O5/c1-31-22-13-19-17(12-18(22)23(29)27-32-2)21(7-9-25-19)33-16-5-6-20-14(11-16)8-10-28(20)24(30)26-15-3-4-15/h5-13,15H,3-4H2,1-2H3,(H,26,30)(H,27,29). The Morgan fingerprint density at radius 3 is 2.67 bits per heavy atom. The van der Waals surface area contributed by atoms with Gasteiger partial charge in [-0.25, -0.2) is 10.3 Å². The smallest absolute Gasteiger partial charge is 0.326 e. The van der Waals surface area contributed by atoms with Crippen molar-refractivity contribution in [2.75, 3.05) is 14.2 Å². The van der Waals surface area contributed by atoms with E-state index in [2.05, 4.69) is 15.8 Å². The monoisotopic (exact) mass is 446 g/mol. The molecule has 2 aromatic carbocycles. The Morgan fingerprint density at radius 1 is 1.06 bits per heavy atom. The van der Waals surface area contributed by atoms with Gasteiger partial charge in [0.1, 0.15) is 17.2 Å². The number of nitrogens with one attached hydrogen (secondary N) is 2. The van der Waals surface area contributed by atoms with Gasteiger partial charge < -0.3 is 14.8 Å². The third-order valence-electron chi connectivity index (χ3n) is 5.48. The van der Waals surface area contributed by atoms with Crippen LogP contribution in [-0.4, -0.2) is 41.8 Å². The minimum absolute atomic E-state index is 0.128. The minimum atomic E-state index is -0.446. The predicted octanol–water partition coefficient (Wildman–Crippen LogP) is 4.00. The predicted molar refractivity (Wildman–Crippen MR) is 122 cm³/mol. The number of fused-ring (bicyclic) bond motifs is 2. The quantitative estimate of drug-likeness (QED) is 0.434. The molecule has 0 aliphatic heterocycles. The van der Waals surface area contributed by atoms with Gasteiger partial charge in [-0.2, -0.15) is 0 Å². The molecule has 168 valence electrons. The van der Waals surface area contributed by atoms with Crippen LogP contribution >= 0.6 is 0 Å². The van der Waals surface area contributed by atoms with Gasteiger partial charge in [0.2, 0.25) is 0 Å². The summed E-state index contributed by atoms with van der Waals surface area (Å²) >= 11 is 0. The summed E-state index contributed by atoms with van der Waals surface area (Å²) in [7, 11) is 2.85. The molecule has 0 spiro atoms. The van der Waals surface area contributed by atoms with Crippen LogP contribution in [0.2, 0.25) is 0 Å². The molecule has 0 saturated heterocycles. The Bertz CT molecular complexity index is 1380. The van der Waals surface area contributed by atoms with Gasteiger partial charge in [0.25, 0.3) is 5.91 Å². The van der Waals surface area contributed by atoms with E-state index in [1.807, 2.05) is 18.2 Å². The first-order valence-electron chi connectivity index (χ1n) is 10.5. The van der Waals surface area contributed by atoms with Gasteiger partial charge in [-0.15, -0.1) is 0 Å². The number of carbonyl (C=O) groups is 2. The average Bonchev–Trinajstić information content (AvgIpc) is 3.53. The second-order valence-corrected chi connectivity index (χ2v) is 7.75. The first kappa shape index (κ1) is 20.8. The van der Waals surface area contributed by atoms with Gasteiger partial charge in [0.05, 0.1) is 30.8 Å². The zero-order valence-electron chi connectivity index (χ0n) is 18.1. The maximum atomic E-state index is 12.4. The second-order valence-electron chi connectivity index (χ2n) is 7.75. The van der Waals surface area contributed by atoms with Crippen molar-refractivity contribution in [2.24, 2.45) is 0 Å². The number of aromatic nitrogens is 2. The van der Waals surface area contributed by atoms with Crippen LogP contribution in [0.5, 0.6) is 17.2 Å².